The van der Waals surface area contributed by atoms with Gasteiger partial charge in [0.25, 0.3) is 0 Å². The average molecular weight is 928 g/mol. The molecule has 356 valence electrons. The van der Waals surface area contributed by atoms with E-state index >= 15 is 9.59 Å². The SMILES string of the molecule is CC(C)[C@@H](C)[C@@H]1O[C@H]1[C@](C)(O)[C@H]1CC[C@@]2(O)C3=CC(=O)[C@]45C[C@@H](O)[C@@H](O)C[C@]4(C)[C@H]3CC[C@]12CCc1cc(O)cc(c1)N1CC[C@]2(C1=O)[C@@H](CO)CCC[C@H]2[C@@H](CCCO)SS[C@@H]5O. The summed E-state index contributed by atoms with van der Waals surface area (Å²) in [6, 6.07) is 5.30. The Bertz CT molecular complexity index is 2020. The molecule has 0 aromatic heterocycles. The zero-order chi connectivity index (χ0) is 45.9. The van der Waals surface area contributed by atoms with Gasteiger partial charge in [0.05, 0.1) is 40.3 Å². The van der Waals surface area contributed by atoms with Crippen molar-refractivity contribution >= 4 is 39.0 Å². The summed E-state index contributed by atoms with van der Waals surface area (Å²) in [6.07, 6.45) is 4.64. The number of hydrogen-bond acceptors (Lipinski definition) is 13. The Morgan fingerprint density at radius 1 is 0.953 bits per heavy atom. The second-order valence-corrected chi connectivity index (χ2v) is 25.0. The number of fused-ring (bicyclic) bond motifs is 2. The highest BCUT2D eigenvalue weighted by molar-refractivity contribution is 8.77. The van der Waals surface area contributed by atoms with Crippen LogP contribution in [0.3, 0.4) is 0 Å². The molecule has 5 aliphatic heterocycles. The number of aliphatic hydroxyl groups is 7. The quantitative estimate of drug-likeness (QED) is 0.117. The van der Waals surface area contributed by atoms with E-state index in [-0.39, 0.29) is 79.0 Å². The normalized spacial score (nSPS) is 45.8. The van der Waals surface area contributed by atoms with E-state index in [1.807, 2.05) is 19.9 Å². The summed E-state index contributed by atoms with van der Waals surface area (Å²) in [4.78, 5) is 32.5. The predicted octanol–water partition coefficient (Wildman–Crippen LogP) is 5.68. The fourth-order valence-electron chi connectivity index (χ4n) is 15.7. The molecule has 1 amide bonds. The minimum absolute atomic E-state index is 0.0130. The number of carbonyl (C=O) groups excluding carboxylic acids is 2. The van der Waals surface area contributed by atoms with Crippen LogP contribution in [-0.4, -0.2) is 119 Å². The molecule has 5 aliphatic carbocycles. The number of rotatable bonds is 8. The van der Waals surface area contributed by atoms with E-state index in [1.165, 1.54) is 21.6 Å². The van der Waals surface area contributed by atoms with Gasteiger partial charge < -0.3 is 50.5 Å². The number of aromatic hydroxyl groups is 1. The van der Waals surface area contributed by atoms with E-state index < -0.39 is 68.4 Å². The molecule has 11 rings (SSSR count). The molecule has 8 bridgehead atoms. The molecule has 0 radical (unpaired) electrons. The van der Waals surface area contributed by atoms with Gasteiger partial charge in [-0.2, -0.15) is 0 Å². The molecule has 0 unspecified atom stereocenters. The zero-order valence-corrected chi connectivity index (χ0v) is 40.0. The third-order valence-electron chi connectivity index (χ3n) is 19.5. The van der Waals surface area contributed by atoms with Gasteiger partial charge in [-0.3, -0.25) is 9.59 Å². The van der Waals surface area contributed by atoms with Crippen molar-refractivity contribution < 1.29 is 55.2 Å². The number of hydrogen-bond donors (Lipinski definition) is 8. The molecule has 17 atom stereocenters. The lowest BCUT2D eigenvalue weighted by Gasteiger charge is -2.65. The summed E-state index contributed by atoms with van der Waals surface area (Å²) in [5.41, 5.74) is -6.80. The number of benzene rings is 1. The number of ketones is 1. The molecule has 6 fully saturated rings. The van der Waals surface area contributed by atoms with Crippen molar-refractivity contribution in [3.8, 4) is 5.75 Å². The predicted molar refractivity (Wildman–Crippen MR) is 246 cm³/mol. The molecule has 10 aliphatic rings. The maximum Gasteiger partial charge on any atom is 0.233 e. The van der Waals surface area contributed by atoms with Crippen molar-refractivity contribution in [3.63, 3.8) is 0 Å². The number of amides is 1. The van der Waals surface area contributed by atoms with Crippen molar-refractivity contribution in [2.45, 2.75) is 171 Å². The van der Waals surface area contributed by atoms with E-state index in [4.69, 9.17) is 4.74 Å². The van der Waals surface area contributed by atoms with Crippen LogP contribution in [-0.2, 0) is 20.7 Å². The Labute approximate surface area is 386 Å². The van der Waals surface area contributed by atoms with Crippen LogP contribution in [0.15, 0.2) is 29.8 Å². The summed E-state index contributed by atoms with van der Waals surface area (Å²) in [7, 11) is 2.60. The molecule has 5 heterocycles. The van der Waals surface area contributed by atoms with Crippen molar-refractivity contribution in [1.82, 2.24) is 0 Å². The van der Waals surface area contributed by atoms with Gasteiger partial charge in [0.1, 0.15) is 17.3 Å². The highest BCUT2D eigenvalue weighted by atomic mass is 33.1. The molecule has 1 aromatic rings. The van der Waals surface area contributed by atoms with Crippen LogP contribution in [0.5, 0.6) is 5.75 Å². The molecule has 1 aromatic carbocycles. The van der Waals surface area contributed by atoms with E-state index in [1.54, 1.807) is 23.1 Å². The van der Waals surface area contributed by atoms with Crippen LogP contribution >= 0.6 is 21.6 Å². The average Bonchev–Trinajstić information content (AvgIpc) is 3.91. The van der Waals surface area contributed by atoms with Gasteiger partial charge in [0.2, 0.25) is 5.91 Å². The first-order valence-electron chi connectivity index (χ1n) is 24.4. The minimum Gasteiger partial charge on any atom is -0.508 e. The first-order chi connectivity index (χ1) is 30.3. The van der Waals surface area contributed by atoms with Gasteiger partial charge in [-0.1, -0.05) is 55.7 Å². The van der Waals surface area contributed by atoms with Crippen molar-refractivity contribution in [1.29, 1.82) is 0 Å². The molecular formula is C50H73NO11S2. The Hall–Kier alpha value is -1.72. The summed E-state index contributed by atoms with van der Waals surface area (Å²) >= 11 is 0. The third kappa shape index (κ3) is 6.74. The summed E-state index contributed by atoms with van der Waals surface area (Å²) < 4.78 is 6.34. The lowest BCUT2D eigenvalue weighted by molar-refractivity contribution is -0.198. The first-order valence-corrected chi connectivity index (χ1v) is 26.6. The van der Waals surface area contributed by atoms with Crippen molar-refractivity contribution in [2.75, 3.05) is 24.7 Å². The van der Waals surface area contributed by atoms with E-state index in [9.17, 15) is 40.9 Å². The number of epoxide rings is 1. The van der Waals surface area contributed by atoms with Gasteiger partial charge in [-0.05, 0) is 161 Å². The van der Waals surface area contributed by atoms with Crippen LogP contribution in [0.2, 0.25) is 0 Å². The Kier molecular flexibility index (Phi) is 12.4. The smallest absolute Gasteiger partial charge is 0.233 e. The second-order valence-electron chi connectivity index (χ2n) is 22.4. The number of aryl methyl sites for hydroxylation is 1. The van der Waals surface area contributed by atoms with Crippen molar-refractivity contribution in [3.05, 3.63) is 35.4 Å². The molecular weight excluding hydrogens is 855 g/mol. The summed E-state index contributed by atoms with van der Waals surface area (Å²) in [6.45, 7) is 10.4. The molecule has 3 spiro atoms. The maximum atomic E-state index is 15.4. The monoisotopic (exact) mass is 927 g/mol. The minimum atomic E-state index is -1.55. The zero-order valence-electron chi connectivity index (χ0n) is 38.3. The number of anilines is 1. The maximum absolute atomic E-state index is 15.4. The topological polar surface area (TPSA) is 212 Å². The molecule has 8 N–H and O–H groups in total. The molecule has 14 heteroatoms. The van der Waals surface area contributed by atoms with Gasteiger partial charge in [0.15, 0.2) is 5.78 Å². The third-order valence-corrected chi connectivity index (χ3v) is 22.6. The number of aliphatic hydroxyl groups excluding tert-OH is 5. The Balaban J connectivity index is 1.21. The fourth-order valence-corrected chi connectivity index (χ4v) is 19.3. The number of nitrogens with zero attached hydrogens (tertiary/aromatic N) is 1. The number of ether oxygens (including phenoxy) is 1. The van der Waals surface area contributed by atoms with Crippen LogP contribution in [0.25, 0.3) is 0 Å². The Morgan fingerprint density at radius 3 is 2.42 bits per heavy atom. The number of allylic oxidation sites excluding steroid dienone is 1. The standard InChI is InChI=1S/C50H73NO11S2/c1-27(2)28(3)41-42(62-41)46(5,60)39-13-16-50(61)35-23-40(57)49-25-37(56)36(55)24-45(49,4)33(35)12-15-47(39,50)14-11-29-20-31(22-32(54)21-29)51-18-17-48(43(51)58)30(26-53)8-6-9-34(48)38(10-7-19-52)63-64-44(49)59/h20-23,27-28,30,33-34,36-39,41-42,44,52-56,59-61H,6-19,24-26H2,1-5H3/t28-,30-,33+,34+,36+,37-,38-,39-,41+,42-,44+,45-,46-,47-,48+,49+,50-/m1/s1. The van der Waals surface area contributed by atoms with E-state index in [0.717, 1.165) is 12.0 Å². The van der Waals surface area contributed by atoms with Crippen molar-refractivity contribution in [2.24, 2.45) is 57.2 Å². The second kappa shape index (κ2) is 16.8. The van der Waals surface area contributed by atoms with Gasteiger partial charge in [-0.15, -0.1) is 0 Å². The van der Waals surface area contributed by atoms with Gasteiger partial charge in [-0.25, -0.2) is 0 Å². The van der Waals surface area contributed by atoms with Crippen LogP contribution in [0.1, 0.15) is 124 Å². The molecule has 4 saturated carbocycles. The summed E-state index contributed by atoms with van der Waals surface area (Å²) in [5.74, 6) is -1.37. The molecule has 12 nitrogen and oxygen atoms in total. The number of phenolic OH excluding ortho intramolecular Hbond substituents is 1. The van der Waals surface area contributed by atoms with Gasteiger partial charge >= 0.3 is 0 Å². The molecule has 2 saturated heterocycles. The highest BCUT2D eigenvalue weighted by Crippen LogP contribution is 2.74. The molecule has 64 heavy (non-hydrogen) atoms. The van der Waals surface area contributed by atoms with Crippen LogP contribution < -0.4 is 4.90 Å². The lowest BCUT2D eigenvalue weighted by Crippen LogP contribution is -2.68. The van der Waals surface area contributed by atoms with Crippen LogP contribution in [0, 0.1) is 57.2 Å². The highest BCUT2D eigenvalue weighted by Gasteiger charge is 2.75. The summed E-state index contributed by atoms with van der Waals surface area (Å²) in [5, 5.41) is 94.6. The van der Waals surface area contributed by atoms with Crippen LogP contribution in [0.4, 0.5) is 5.69 Å². The van der Waals surface area contributed by atoms with E-state index in [0.29, 0.717) is 87.9 Å². The van der Waals surface area contributed by atoms with Gasteiger partial charge in [0, 0.05) is 42.2 Å². The Morgan fingerprint density at radius 2 is 1.70 bits per heavy atom. The largest absolute Gasteiger partial charge is 0.508 e. The number of phenols is 1. The fraction of sp³-hybridized carbons (Fsp3) is 0.800. The number of carbonyl (C=O) groups is 2. The van der Waals surface area contributed by atoms with E-state index in [2.05, 4.69) is 20.8 Å². The first kappa shape index (κ1) is 47.4. The lowest BCUT2D eigenvalue weighted by atomic mass is 9.40.